The molecule has 3 aromatic rings. The minimum Gasteiger partial charge on any atom is -0.394 e. The molecule has 144 valence electrons. The number of thiazole rings is 1. The van der Waals surface area contributed by atoms with Crippen molar-refractivity contribution in [3.8, 4) is 0 Å². The molecule has 9 heteroatoms. The summed E-state index contributed by atoms with van der Waals surface area (Å²) < 4.78 is 0.678. The van der Waals surface area contributed by atoms with Gasteiger partial charge in [-0.15, -0.1) is 0 Å². The Morgan fingerprint density at radius 2 is 2.11 bits per heavy atom. The van der Waals surface area contributed by atoms with Crippen LogP contribution in [0.1, 0.15) is 38.1 Å². The molecule has 0 bridgehead atoms. The molecule has 0 saturated carbocycles. The van der Waals surface area contributed by atoms with Crippen LogP contribution in [0.2, 0.25) is 0 Å². The van der Waals surface area contributed by atoms with Gasteiger partial charge in [0, 0.05) is 6.20 Å². The highest BCUT2D eigenvalue weighted by Gasteiger charge is 2.18. The molecular formula is C18H23N5O2S2. The zero-order valence-electron chi connectivity index (χ0n) is 15.5. The van der Waals surface area contributed by atoms with Gasteiger partial charge in [-0.2, -0.15) is 0 Å². The molecule has 0 aliphatic heterocycles. The number of thioether (sulfide) groups is 1. The Kier molecular flexibility index (Phi) is 6.46. The Morgan fingerprint density at radius 1 is 1.30 bits per heavy atom. The lowest BCUT2D eigenvalue weighted by Gasteiger charge is -2.19. The van der Waals surface area contributed by atoms with E-state index in [1.54, 1.807) is 6.20 Å². The Bertz CT molecular complexity index is 942. The summed E-state index contributed by atoms with van der Waals surface area (Å²) >= 11 is 2.55. The monoisotopic (exact) mass is 405 g/mol. The van der Waals surface area contributed by atoms with Crippen molar-refractivity contribution in [3.05, 3.63) is 39.8 Å². The van der Waals surface area contributed by atoms with E-state index in [0.29, 0.717) is 27.2 Å². The number of aromatic amines is 1. The molecule has 2 atom stereocenters. The maximum absolute atomic E-state index is 11.8. The van der Waals surface area contributed by atoms with Crippen molar-refractivity contribution in [3.63, 3.8) is 0 Å². The lowest BCUT2D eigenvalue weighted by Crippen LogP contribution is -2.26. The number of aromatic nitrogens is 4. The van der Waals surface area contributed by atoms with Gasteiger partial charge in [-0.05, 0) is 31.4 Å². The molecule has 3 heterocycles. The van der Waals surface area contributed by atoms with Crippen molar-refractivity contribution < 1.29 is 5.11 Å². The third kappa shape index (κ3) is 5.06. The van der Waals surface area contributed by atoms with E-state index in [1.165, 1.54) is 11.8 Å². The van der Waals surface area contributed by atoms with Crippen molar-refractivity contribution in [2.45, 2.75) is 43.6 Å². The van der Waals surface area contributed by atoms with Crippen molar-refractivity contribution in [2.24, 2.45) is 5.92 Å². The molecule has 27 heavy (non-hydrogen) atoms. The Balaban J connectivity index is 1.91. The molecule has 0 aliphatic carbocycles. The van der Waals surface area contributed by atoms with Crippen LogP contribution < -0.4 is 10.2 Å². The maximum atomic E-state index is 11.8. The highest BCUT2D eigenvalue weighted by Crippen LogP contribution is 2.34. The van der Waals surface area contributed by atoms with Crippen LogP contribution in [0.15, 0.2) is 34.3 Å². The number of fused-ring (bicyclic) bond motifs is 1. The molecular weight excluding hydrogens is 382 g/mol. The van der Waals surface area contributed by atoms with Crippen molar-refractivity contribution in [1.82, 2.24) is 19.9 Å². The number of hydrogen-bond donors (Lipinski definition) is 3. The first-order valence-electron chi connectivity index (χ1n) is 8.82. The molecule has 0 radical (unpaired) electrons. The summed E-state index contributed by atoms with van der Waals surface area (Å²) in [6.07, 6.45) is 2.56. The van der Waals surface area contributed by atoms with Gasteiger partial charge in [-0.25, -0.2) is 9.97 Å². The predicted molar refractivity (Wildman–Crippen MR) is 110 cm³/mol. The van der Waals surface area contributed by atoms with Gasteiger partial charge >= 0.3 is 4.87 Å². The van der Waals surface area contributed by atoms with Crippen molar-refractivity contribution in [1.29, 1.82) is 0 Å². The van der Waals surface area contributed by atoms with Gasteiger partial charge in [-0.3, -0.25) is 14.8 Å². The number of pyridine rings is 1. The van der Waals surface area contributed by atoms with E-state index < -0.39 is 0 Å². The first-order valence-corrected chi connectivity index (χ1v) is 10.5. The summed E-state index contributed by atoms with van der Waals surface area (Å²) in [5.41, 5.74) is 1.45. The minimum atomic E-state index is -0.174. The van der Waals surface area contributed by atoms with Crippen molar-refractivity contribution >= 4 is 39.3 Å². The summed E-state index contributed by atoms with van der Waals surface area (Å²) in [7, 11) is 0. The number of rotatable bonds is 8. The molecule has 0 spiro atoms. The van der Waals surface area contributed by atoms with Gasteiger partial charge in [0.05, 0.1) is 23.6 Å². The molecule has 3 N–H and O–H groups in total. The van der Waals surface area contributed by atoms with Crippen molar-refractivity contribution in [2.75, 3.05) is 11.9 Å². The quantitative estimate of drug-likeness (QED) is 0.389. The van der Waals surface area contributed by atoms with E-state index in [2.05, 4.69) is 39.1 Å². The van der Waals surface area contributed by atoms with Gasteiger partial charge in [0.25, 0.3) is 0 Å². The molecule has 3 aromatic heterocycles. The Morgan fingerprint density at radius 3 is 2.78 bits per heavy atom. The van der Waals surface area contributed by atoms with Crippen LogP contribution in [0.3, 0.4) is 0 Å². The van der Waals surface area contributed by atoms with Crippen LogP contribution in [0.4, 0.5) is 5.82 Å². The normalized spacial score (nSPS) is 13.8. The van der Waals surface area contributed by atoms with E-state index in [-0.39, 0.29) is 22.8 Å². The number of H-pyrrole nitrogens is 1. The Labute approximate surface area is 165 Å². The van der Waals surface area contributed by atoms with Crippen LogP contribution in [0, 0.1) is 5.92 Å². The van der Waals surface area contributed by atoms with Gasteiger partial charge in [0.1, 0.15) is 4.70 Å². The first kappa shape index (κ1) is 19.8. The fourth-order valence-electron chi connectivity index (χ4n) is 2.75. The summed E-state index contributed by atoms with van der Waals surface area (Å²) in [5, 5.41) is 13.6. The molecule has 0 aliphatic rings. The summed E-state index contributed by atoms with van der Waals surface area (Å²) in [5.74, 6) is 1.01. The molecule has 0 fully saturated rings. The summed E-state index contributed by atoms with van der Waals surface area (Å²) in [4.78, 5) is 27.9. The highest BCUT2D eigenvalue weighted by molar-refractivity contribution is 7.99. The number of nitrogens with zero attached hydrogens (tertiary/aromatic N) is 3. The standard InChI is InChI=1S/C18H23N5O2S2/c1-10(2)8-12(9-24)20-15-14-16(23-18(25)27-14)22-17(21-15)26-11(3)13-6-4-5-7-19-13/h4-7,10-12,24H,8-9H2,1-3H3,(H2,20,21,22,23,25)/t11-,12-/m1/s1. The van der Waals surface area contributed by atoms with Gasteiger partial charge in [-0.1, -0.05) is 43.0 Å². The fraction of sp³-hybridized carbons (Fsp3) is 0.444. The summed E-state index contributed by atoms with van der Waals surface area (Å²) in [6.45, 7) is 6.24. The van der Waals surface area contributed by atoms with E-state index in [1.807, 2.05) is 25.1 Å². The second-order valence-electron chi connectivity index (χ2n) is 6.72. The number of hydrogen-bond acceptors (Lipinski definition) is 8. The average Bonchev–Trinajstić information content (AvgIpc) is 3.02. The maximum Gasteiger partial charge on any atom is 0.306 e. The highest BCUT2D eigenvalue weighted by atomic mass is 32.2. The van der Waals surface area contributed by atoms with E-state index in [4.69, 9.17) is 0 Å². The largest absolute Gasteiger partial charge is 0.394 e. The molecule has 0 saturated heterocycles. The first-order chi connectivity index (χ1) is 13.0. The molecule has 0 unspecified atom stereocenters. The second-order valence-corrected chi connectivity index (χ2v) is 9.01. The van der Waals surface area contributed by atoms with Crippen LogP contribution in [-0.4, -0.2) is 37.7 Å². The van der Waals surface area contributed by atoms with Crippen LogP contribution in [-0.2, 0) is 0 Å². The number of aliphatic hydroxyl groups excluding tert-OH is 1. The lowest BCUT2D eigenvalue weighted by molar-refractivity contribution is 0.259. The SMILES string of the molecule is CC(C)C[C@H](CO)Nc1nc(S[C@H](C)c2ccccn2)nc2[nH]c(=O)sc12. The van der Waals surface area contributed by atoms with E-state index >= 15 is 0 Å². The molecule has 0 aromatic carbocycles. The van der Waals surface area contributed by atoms with E-state index in [9.17, 15) is 9.90 Å². The third-order valence-electron chi connectivity index (χ3n) is 3.96. The zero-order chi connectivity index (χ0) is 19.4. The second kappa shape index (κ2) is 8.81. The number of aliphatic hydroxyl groups is 1. The summed E-state index contributed by atoms with van der Waals surface area (Å²) in [6, 6.07) is 5.66. The molecule has 7 nitrogen and oxygen atoms in total. The fourth-order valence-corrected chi connectivity index (χ4v) is 4.35. The number of nitrogens with one attached hydrogen (secondary N) is 2. The molecule has 3 rings (SSSR count). The lowest BCUT2D eigenvalue weighted by atomic mass is 10.0. The topological polar surface area (TPSA) is 104 Å². The Hall–Kier alpha value is -1.97. The van der Waals surface area contributed by atoms with Crippen LogP contribution in [0.25, 0.3) is 10.3 Å². The smallest absolute Gasteiger partial charge is 0.306 e. The van der Waals surface area contributed by atoms with Crippen LogP contribution in [0.5, 0.6) is 0 Å². The van der Waals surface area contributed by atoms with Gasteiger partial charge < -0.3 is 10.4 Å². The van der Waals surface area contributed by atoms with Gasteiger partial charge in [0.15, 0.2) is 16.6 Å². The molecule has 0 amide bonds. The van der Waals surface area contributed by atoms with Gasteiger partial charge in [0.2, 0.25) is 0 Å². The third-order valence-corrected chi connectivity index (χ3v) is 5.83. The van der Waals surface area contributed by atoms with E-state index in [0.717, 1.165) is 23.5 Å². The zero-order valence-corrected chi connectivity index (χ0v) is 17.1. The minimum absolute atomic E-state index is 0.00415. The number of anilines is 1. The van der Waals surface area contributed by atoms with Crippen LogP contribution >= 0.6 is 23.1 Å². The average molecular weight is 406 g/mol. The predicted octanol–water partition coefficient (Wildman–Crippen LogP) is 3.45.